The number of hydrazone groups is 1. The second kappa shape index (κ2) is 10.4. The van der Waals surface area contributed by atoms with Gasteiger partial charge < -0.3 is 10.6 Å². The normalized spacial score (nSPS) is 15.1. The smallest absolute Gasteiger partial charge is 0.329 e. The van der Waals surface area contributed by atoms with E-state index in [-0.39, 0.29) is 18.4 Å². The van der Waals surface area contributed by atoms with Crippen molar-refractivity contribution in [1.29, 1.82) is 0 Å². The lowest BCUT2D eigenvalue weighted by Crippen LogP contribution is -2.37. The number of hydrogen-bond donors (Lipinski definition) is 3. The van der Waals surface area contributed by atoms with E-state index in [9.17, 15) is 14.4 Å². The zero-order valence-electron chi connectivity index (χ0n) is 16.0. The van der Waals surface area contributed by atoms with E-state index in [1.807, 2.05) is 19.1 Å². The van der Waals surface area contributed by atoms with E-state index in [0.29, 0.717) is 11.4 Å². The molecule has 0 atom stereocenters. The Hall–Kier alpha value is -2.70. The predicted octanol–water partition coefficient (Wildman–Crippen LogP) is 2.52. The van der Waals surface area contributed by atoms with E-state index < -0.39 is 11.8 Å². The Balaban J connectivity index is 1.75. The van der Waals surface area contributed by atoms with Crippen LogP contribution in [0.2, 0.25) is 0 Å². The molecule has 0 radical (unpaired) electrons. The summed E-state index contributed by atoms with van der Waals surface area (Å²) in [5.41, 5.74) is 4.32. The van der Waals surface area contributed by atoms with E-state index in [0.717, 1.165) is 37.7 Å². The third-order valence-electron chi connectivity index (χ3n) is 4.56. The number of amides is 3. The summed E-state index contributed by atoms with van der Waals surface area (Å²) >= 11 is 0. The molecule has 3 N–H and O–H groups in total. The second-order valence-corrected chi connectivity index (χ2v) is 6.87. The predicted molar refractivity (Wildman–Crippen MR) is 105 cm³/mol. The minimum atomic E-state index is -0.874. The van der Waals surface area contributed by atoms with Gasteiger partial charge in [-0.15, -0.1) is 0 Å². The van der Waals surface area contributed by atoms with Crippen LogP contribution < -0.4 is 16.1 Å². The molecule has 0 spiro atoms. The number of benzene rings is 1. The molecule has 27 heavy (non-hydrogen) atoms. The van der Waals surface area contributed by atoms with Gasteiger partial charge in [0.2, 0.25) is 5.91 Å². The number of nitrogens with one attached hydrogen (secondary N) is 3. The van der Waals surface area contributed by atoms with Crippen molar-refractivity contribution >= 4 is 29.1 Å². The maximum absolute atomic E-state index is 12.0. The molecule has 0 heterocycles. The van der Waals surface area contributed by atoms with Crippen LogP contribution in [0.15, 0.2) is 29.4 Å². The van der Waals surface area contributed by atoms with Gasteiger partial charge in [0.15, 0.2) is 0 Å². The molecule has 1 aromatic rings. The van der Waals surface area contributed by atoms with Gasteiger partial charge >= 0.3 is 11.8 Å². The van der Waals surface area contributed by atoms with Crippen molar-refractivity contribution in [3.8, 4) is 0 Å². The number of carbonyl (C=O) groups excluding carboxylic acids is 3. The molecule has 1 aliphatic rings. The van der Waals surface area contributed by atoms with Gasteiger partial charge in [-0.1, -0.05) is 38.3 Å². The van der Waals surface area contributed by atoms with Crippen LogP contribution in [-0.2, 0) is 20.8 Å². The topological polar surface area (TPSA) is 99.7 Å². The highest BCUT2D eigenvalue weighted by Crippen LogP contribution is 2.17. The standard InChI is InChI=1S/C20H28N4O3/c1-3-15-9-11-17(12-10-15)22-19(26)20(27)24-23-14(2)13-18(25)21-16-7-5-4-6-8-16/h9-12,16H,3-8,13H2,1-2H3,(H,21,25)(H,22,26)(H,24,27)/b23-14-. The largest absolute Gasteiger partial charge is 0.353 e. The molecular weight excluding hydrogens is 344 g/mol. The Morgan fingerprint density at radius 2 is 1.70 bits per heavy atom. The van der Waals surface area contributed by atoms with E-state index in [2.05, 4.69) is 21.2 Å². The van der Waals surface area contributed by atoms with Crippen molar-refractivity contribution in [2.24, 2.45) is 5.10 Å². The Morgan fingerprint density at radius 1 is 1.04 bits per heavy atom. The fourth-order valence-corrected chi connectivity index (χ4v) is 3.01. The lowest BCUT2D eigenvalue weighted by molar-refractivity contribution is -0.136. The van der Waals surface area contributed by atoms with E-state index in [1.165, 1.54) is 6.42 Å². The Bertz CT molecular complexity index is 692. The van der Waals surface area contributed by atoms with Crippen LogP contribution >= 0.6 is 0 Å². The van der Waals surface area contributed by atoms with E-state index in [1.54, 1.807) is 19.1 Å². The molecular formula is C20H28N4O3. The summed E-state index contributed by atoms with van der Waals surface area (Å²) in [6.45, 7) is 3.68. The van der Waals surface area contributed by atoms with Crippen LogP contribution in [0.3, 0.4) is 0 Å². The van der Waals surface area contributed by atoms with E-state index >= 15 is 0 Å². The van der Waals surface area contributed by atoms with Gasteiger partial charge in [-0.25, -0.2) is 5.43 Å². The zero-order chi connectivity index (χ0) is 19.6. The van der Waals surface area contributed by atoms with Crippen LogP contribution in [0, 0.1) is 0 Å². The minimum Gasteiger partial charge on any atom is -0.353 e. The van der Waals surface area contributed by atoms with Crippen molar-refractivity contribution in [2.75, 3.05) is 5.32 Å². The average Bonchev–Trinajstić information content (AvgIpc) is 2.67. The molecule has 146 valence electrons. The van der Waals surface area contributed by atoms with Crippen molar-refractivity contribution in [3.05, 3.63) is 29.8 Å². The summed E-state index contributed by atoms with van der Waals surface area (Å²) in [5, 5.41) is 9.35. The van der Waals surface area contributed by atoms with E-state index in [4.69, 9.17) is 0 Å². The van der Waals surface area contributed by atoms with Gasteiger partial charge in [-0.3, -0.25) is 14.4 Å². The Morgan fingerprint density at radius 3 is 2.33 bits per heavy atom. The molecule has 1 fully saturated rings. The summed E-state index contributed by atoms with van der Waals surface area (Å²) in [5.74, 6) is -1.79. The Kier molecular flexibility index (Phi) is 7.98. The van der Waals surface area contributed by atoms with Crippen LogP contribution in [-0.4, -0.2) is 29.5 Å². The molecule has 1 aliphatic carbocycles. The fourth-order valence-electron chi connectivity index (χ4n) is 3.01. The first kappa shape index (κ1) is 20.6. The maximum Gasteiger partial charge on any atom is 0.329 e. The second-order valence-electron chi connectivity index (χ2n) is 6.87. The first-order chi connectivity index (χ1) is 13.0. The van der Waals surface area contributed by atoms with Crippen LogP contribution in [0.5, 0.6) is 0 Å². The zero-order valence-corrected chi connectivity index (χ0v) is 16.0. The number of aryl methyl sites for hydroxylation is 1. The number of rotatable bonds is 6. The number of carbonyl (C=O) groups is 3. The third kappa shape index (κ3) is 7.21. The van der Waals surface area contributed by atoms with Crippen molar-refractivity contribution < 1.29 is 14.4 Å². The summed E-state index contributed by atoms with van der Waals surface area (Å²) in [7, 11) is 0. The molecule has 1 aromatic carbocycles. The highest BCUT2D eigenvalue weighted by Gasteiger charge is 2.17. The van der Waals surface area contributed by atoms with Gasteiger partial charge in [0.25, 0.3) is 0 Å². The first-order valence-corrected chi connectivity index (χ1v) is 9.50. The SMILES string of the molecule is CCc1ccc(NC(=O)C(=O)N/N=C(/C)CC(=O)NC2CCCCC2)cc1. The maximum atomic E-state index is 12.0. The van der Waals surface area contributed by atoms with Gasteiger partial charge in [0.1, 0.15) is 0 Å². The lowest BCUT2D eigenvalue weighted by Gasteiger charge is -2.22. The third-order valence-corrected chi connectivity index (χ3v) is 4.56. The number of anilines is 1. The van der Waals surface area contributed by atoms with Gasteiger partial charge in [0.05, 0.1) is 6.42 Å². The minimum absolute atomic E-state index is 0.0941. The highest BCUT2D eigenvalue weighted by atomic mass is 16.2. The lowest BCUT2D eigenvalue weighted by atomic mass is 9.95. The van der Waals surface area contributed by atoms with Gasteiger partial charge in [0, 0.05) is 17.4 Å². The van der Waals surface area contributed by atoms with Crippen molar-refractivity contribution in [2.45, 2.75) is 64.8 Å². The first-order valence-electron chi connectivity index (χ1n) is 9.50. The van der Waals surface area contributed by atoms with Crippen LogP contribution in [0.25, 0.3) is 0 Å². The summed E-state index contributed by atoms with van der Waals surface area (Å²) < 4.78 is 0. The Labute approximate surface area is 160 Å². The number of nitrogens with zero attached hydrogens (tertiary/aromatic N) is 1. The van der Waals surface area contributed by atoms with Crippen LogP contribution in [0.1, 0.15) is 57.9 Å². The highest BCUT2D eigenvalue weighted by molar-refractivity contribution is 6.39. The summed E-state index contributed by atoms with van der Waals surface area (Å²) in [6, 6.07) is 7.50. The quantitative estimate of drug-likeness (QED) is 0.406. The average molecular weight is 372 g/mol. The monoisotopic (exact) mass is 372 g/mol. The molecule has 0 unspecified atom stereocenters. The molecule has 0 bridgehead atoms. The molecule has 0 saturated heterocycles. The summed E-state index contributed by atoms with van der Waals surface area (Å²) in [6.07, 6.45) is 6.53. The van der Waals surface area contributed by atoms with Crippen molar-refractivity contribution in [1.82, 2.24) is 10.7 Å². The fraction of sp³-hybridized carbons (Fsp3) is 0.500. The number of hydrogen-bond acceptors (Lipinski definition) is 4. The molecule has 7 nitrogen and oxygen atoms in total. The molecule has 0 aromatic heterocycles. The van der Waals surface area contributed by atoms with Crippen LogP contribution in [0.4, 0.5) is 5.69 Å². The molecule has 7 heteroatoms. The van der Waals surface area contributed by atoms with Crippen molar-refractivity contribution in [3.63, 3.8) is 0 Å². The molecule has 1 saturated carbocycles. The summed E-state index contributed by atoms with van der Waals surface area (Å²) in [4.78, 5) is 35.7. The van der Waals surface area contributed by atoms with Gasteiger partial charge in [-0.2, -0.15) is 5.10 Å². The van der Waals surface area contributed by atoms with Gasteiger partial charge in [-0.05, 0) is 43.9 Å². The molecule has 2 rings (SSSR count). The molecule has 0 aliphatic heterocycles. The molecule has 3 amide bonds.